The van der Waals surface area contributed by atoms with Crippen molar-refractivity contribution in [2.24, 2.45) is 0 Å². The number of aromatic nitrogens is 3. The third kappa shape index (κ3) is 4.67. The average molecular weight is 484 g/mol. The van der Waals surface area contributed by atoms with Gasteiger partial charge in [-0.15, -0.1) is 11.3 Å². The molecule has 1 aliphatic heterocycles. The van der Waals surface area contributed by atoms with Crippen molar-refractivity contribution in [1.29, 1.82) is 0 Å². The van der Waals surface area contributed by atoms with E-state index in [0.717, 1.165) is 34.2 Å². The largest absolute Gasteiger partial charge is 0.497 e. The first kappa shape index (κ1) is 24.2. The van der Waals surface area contributed by atoms with Crippen LogP contribution in [0.1, 0.15) is 32.0 Å². The number of aryl methyl sites for hydroxylation is 2. The van der Waals surface area contributed by atoms with Crippen LogP contribution in [0.25, 0.3) is 11.4 Å². The second-order valence-electron chi connectivity index (χ2n) is 8.31. The number of hydrogen-bond donors (Lipinski definition) is 1. The predicted octanol–water partition coefficient (Wildman–Crippen LogP) is 3.97. The van der Waals surface area contributed by atoms with E-state index >= 15 is 0 Å². The molecule has 9 heteroatoms. The molecule has 0 saturated carbocycles. The summed E-state index contributed by atoms with van der Waals surface area (Å²) in [5.74, 6) is 1.47. The molecule has 3 aromatic rings. The van der Waals surface area contributed by atoms with E-state index in [0.29, 0.717) is 37.6 Å². The van der Waals surface area contributed by atoms with Crippen LogP contribution in [0.15, 0.2) is 34.6 Å². The smallest absolute Gasteiger partial charge is 0.277 e. The highest BCUT2D eigenvalue weighted by atomic mass is 32.1. The van der Waals surface area contributed by atoms with Crippen molar-refractivity contribution in [1.82, 2.24) is 14.5 Å². The van der Waals surface area contributed by atoms with Crippen molar-refractivity contribution in [3.05, 3.63) is 51.4 Å². The SMILES string of the molecule is CCOC1CN(c2nccs2)CC1Nc1c(CC)nc(-c2ccc(OC)cc2C)n(CC)c1=O. The molecule has 1 aliphatic rings. The first-order valence-corrected chi connectivity index (χ1v) is 12.7. The maximum Gasteiger partial charge on any atom is 0.277 e. The van der Waals surface area contributed by atoms with Crippen LogP contribution in [0.2, 0.25) is 0 Å². The normalized spacial score (nSPS) is 17.9. The maximum absolute atomic E-state index is 13.7. The van der Waals surface area contributed by atoms with E-state index in [2.05, 4.69) is 15.2 Å². The molecule has 1 fully saturated rings. The van der Waals surface area contributed by atoms with Crippen LogP contribution in [0.5, 0.6) is 5.75 Å². The Balaban J connectivity index is 1.72. The molecule has 0 amide bonds. The van der Waals surface area contributed by atoms with Gasteiger partial charge >= 0.3 is 0 Å². The second-order valence-corrected chi connectivity index (χ2v) is 9.18. The summed E-state index contributed by atoms with van der Waals surface area (Å²) in [7, 11) is 1.65. The molecule has 4 rings (SSSR count). The standard InChI is InChI=1S/C25H33N5O3S/c1-6-19-22(27-20-14-29(15-21(20)33-8-3)25-26-11-12-34-25)24(31)30(7-2)23(28-19)18-10-9-17(32-5)13-16(18)4/h9-13,20-21,27H,6-8,14-15H2,1-5H3. The number of nitrogens with zero attached hydrogens (tertiary/aromatic N) is 4. The molecule has 1 saturated heterocycles. The molecule has 34 heavy (non-hydrogen) atoms. The Morgan fingerprint density at radius 1 is 1.24 bits per heavy atom. The fraction of sp³-hybridized carbons (Fsp3) is 0.480. The number of hydrogen-bond acceptors (Lipinski definition) is 8. The minimum atomic E-state index is -0.0532. The van der Waals surface area contributed by atoms with Gasteiger partial charge in [-0.2, -0.15) is 0 Å². The molecule has 0 spiro atoms. The van der Waals surface area contributed by atoms with Crippen LogP contribution < -0.4 is 20.5 Å². The number of rotatable bonds is 9. The lowest BCUT2D eigenvalue weighted by molar-refractivity contribution is 0.0720. The van der Waals surface area contributed by atoms with Crippen LogP contribution in [0.4, 0.5) is 10.8 Å². The van der Waals surface area contributed by atoms with Crippen LogP contribution in [0.3, 0.4) is 0 Å². The van der Waals surface area contributed by atoms with Crippen LogP contribution in [0, 0.1) is 6.92 Å². The van der Waals surface area contributed by atoms with Gasteiger partial charge in [0.1, 0.15) is 17.3 Å². The fourth-order valence-corrected chi connectivity index (χ4v) is 5.19. The van der Waals surface area contributed by atoms with Gasteiger partial charge in [-0.05, 0) is 51.0 Å². The van der Waals surface area contributed by atoms with Crippen molar-refractivity contribution < 1.29 is 9.47 Å². The Hall–Kier alpha value is -2.91. The molecule has 3 heterocycles. The summed E-state index contributed by atoms with van der Waals surface area (Å²) in [5.41, 5.74) is 3.23. The summed E-state index contributed by atoms with van der Waals surface area (Å²) in [6.45, 7) is 10.6. The molecular weight excluding hydrogens is 450 g/mol. The van der Waals surface area contributed by atoms with Gasteiger partial charge in [0.25, 0.3) is 5.56 Å². The van der Waals surface area contributed by atoms with Gasteiger partial charge in [-0.25, -0.2) is 9.97 Å². The topological polar surface area (TPSA) is 81.5 Å². The lowest BCUT2D eigenvalue weighted by atomic mass is 10.1. The predicted molar refractivity (Wildman–Crippen MR) is 137 cm³/mol. The molecule has 1 aromatic carbocycles. The molecule has 2 atom stereocenters. The number of benzene rings is 1. The number of thiazole rings is 1. The summed E-state index contributed by atoms with van der Waals surface area (Å²) in [6.07, 6.45) is 2.42. The molecule has 1 N–H and O–H groups in total. The maximum atomic E-state index is 13.7. The molecule has 2 aromatic heterocycles. The Labute approximate surface area is 204 Å². The van der Waals surface area contributed by atoms with E-state index in [1.807, 2.05) is 57.5 Å². The average Bonchev–Trinajstić information content (AvgIpc) is 3.51. The van der Waals surface area contributed by atoms with Gasteiger partial charge in [0.2, 0.25) is 0 Å². The highest BCUT2D eigenvalue weighted by Gasteiger charge is 2.35. The molecule has 0 aliphatic carbocycles. The van der Waals surface area contributed by atoms with Crippen LogP contribution in [-0.2, 0) is 17.7 Å². The number of ether oxygens (including phenoxy) is 2. The molecule has 0 bridgehead atoms. The minimum Gasteiger partial charge on any atom is -0.497 e. The van der Waals surface area contributed by atoms with Crippen molar-refractivity contribution in [3.63, 3.8) is 0 Å². The zero-order valence-corrected chi connectivity index (χ0v) is 21.3. The monoisotopic (exact) mass is 483 g/mol. The summed E-state index contributed by atoms with van der Waals surface area (Å²) in [6, 6.07) is 5.81. The Morgan fingerprint density at radius 3 is 2.68 bits per heavy atom. The number of methoxy groups -OCH3 is 1. The van der Waals surface area contributed by atoms with E-state index < -0.39 is 0 Å². The Morgan fingerprint density at radius 2 is 2.06 bits per heavy atom. The third-order valence-corrected chi connectivity index (χ3v) is 7.07. The molecule has 2 unspecified atom stereocenters. The van der Waals surface area contributed by atoms with Crippen molar-refractivity contribution in [2.75, 3.05) is 37.0 Å². The van der Waals surface area contributed by atoms with Crippen molar-refractivity contribution in [3.8, 4) is 17.1 Å². The quantitative estimate of drug-likeness (QED) is 0.493. The second kappa shape index (κ2) is 10.6. The van der Waals surface area contributed by atoms with Crippen LogP contribution in [-0.4, -0.2) is 53.5 Å². The summed E-state index contributed by atoms with van der Waals surface area (Å²) >= 11 is 1.61. The molecular formula is C25H33N5O3S. The van der Waals surface area contributed by atoms with Crippen LogP contribution >= 0.6 is 11.3 Å². The minimum absolute atomic E-state index is 0.0393. The zero-order chi connectivity index (χ0) is 24.2. The van der Waals surface area contributed by atoms with Crippen molar-refractivity contribution >= 4 is 22.2 Å². The van der Waals surface area contributed by atoms with Gasteiger partial charge in [-0.3, -0.25) is 9.36 Å². The van der Waals surface area contributed by atoms with Crippen molar-refractivity contribution in [2.45, 2.75) is 52.8 Å². The van der Waals surface area contributed by atoms with Gasteiger partial charge in [0.15, 0.2) is 5.13 Å². The first-order chi connectivity index (χ1) is 16.5. The fourth-order valence-electron chi connectivity index (χ4n) is 4.52. The first-order valence-electron chi connectivity index (χ1n) is 11.8. The van der Waals surface area contributed by atoms with Gasteiger partial charge in [-0.1, -0.05) is 6.92 Å². The lowest BCUT2D eigenvalue weighted by Crippen LogP contribution is -2.38. The summed E-state index contributed by atoms with van der Waals surface area (Å²) < 4.78 is 13.1. The van der Waals surface area contributed by atoms with Gasteiger partial charge in [0.05, 0.1) is 24.9 Å². The summed E-state index contributed by atoms with van der Waals surface area (Å²) in [5, 5.41) is 6.48. The lowest BCUT2D eigenvalue weighted by Gasteiger charge is -2.23. The van der Waals surface area contributed by atoms with Gasteiger partial charge in [0, 0.05) is 43.4 Å². The number of nitrogens with one attached hydrogen (secondary N) is 1. The Kier molecular flexibility index (Phi) is 7.53. The van der Waals surface area contributed by atoms with E-state index in [9.17, 15) is 4.79 Å². The van der Waals surface area contributed by atoms with E-state index in [4.69, 9.17) is 14.5 Å². The van der Waals surface area contributed by atoms with E-state index in [1.165, 1.54) is 0 Å². The van der Waals surface area contributed by atoms with E-state index in [-0.39, 0.29) is 17.7 Å². The number of anilines is 2. The zero-order valence-electron chi connectivity index (χ0n) is 20.5. The molecule has 8 nitrogen and oxygen atoms in total. The Bertz CT molecular complexity index is 1180. The summed E-state index contributed by atoms with van der Waals surface area (Å²) in [4.78, 5) is 25.4. The highest BCUT2D eigenvalue weighted by Crippen LogP contribution is 2.29. The molecule has 182 valence electrons. The van der Waals surface area contributed by atoms with E-state index in [1.54, 1.807) is 23.0 Å². The molecule has 0 radical (unpaired) electrons. The third-order valence-electron chi connectivity index (χ3n) is 6.24. The van der Waals surface area contributed by atoms with Gasteiger partial charge < -0.3 is 19.7 Å². The highest BCUT2D eigenvalue weighted by molar-refractivity contribution is 7.13.